The molecule has 0 saturated carbocycles. The first-order chi connectivity index (χ1) is 14.0. The average Bonchev–Trinajstić information content (AvgIpc) is 2.66. The Hall–Kier alpha value is -3.27. The number of nitro benzene ring substituents is 1. The van der Waals surface area contributed by atoms with Crippen LogP contribution in [0.4, 0.5) is 18.9 Å². The maximum atomic E-state index is 12.7. The van der Waals surface area contributed by atoms with Gasteiger partial charge in [-0.3, -0.25) is 10.1 Å². The highest BCUT2D eigenvalue weighted by atomic mass is 35.5. The standard InChI is InChI=1S/C19H15ClF3NO6/c1-3-8-28-18(25)11(2)29-17-10-13(5-6-15(17)24(26)27)30-16-7-4-12(9-14(16)20)19(21,22)23/h3-7,9-11H,1,8H2,2H3. The van der Waals surface area contributed by atoms with Crippen molar-refractivity contribution in [2.24, 2.45) is 0 Å². The first-order valence-corrected chi connectivity index (χ1v) is 8.68. The number of nitro groups is 1. The minimum atomic E-state index is -4.58. The first kappa shape index (κ1) is 23.0. The molecule has 0 aliphatic rings. The highest BCUT2D eigenvalue weighted by molar-refractivity contribution is 6.32. The summed E-state index contributed by atoms with van der Waals surface area (Å²) in [4.78, 5) is 22.3. The third kappa shape index (κ3) is 5.86. The van der Waals surface area contributed by atoms with Gasteiger partial charge in [0.15, 0.2) is 6.10 Å². The van der Waals surface area contributed by atoms with Crippen LogP contribution < -0.4 is 9.47 Å². The smallest absolute Gasteiger partial charge is 0.416 e. The molecule has 0 aliphatic carbocycles. The van der Waals surface area contributed by atoms with Gasteiger partial charge in [-0.05, 0) is 31.2 Å². The third-order valence-electron chi connectivity index (χ3n) is 3.59. The summed E-state index contributed by atoms with van der Waals surface area (Å²) in [6.07, 6.45) is -4.42. The molecule has 0 spiro atoms. The lowest BCUT2D eigenvalue weighted by atomic mass is 10.2. The summed E-state index contributed by atoms with van der Waals surface area (Å²) in [5.41, 5.74) is -1.41. The molecule has 2 rings (SSSR count). The van der Waals surface area contributed by atoms with Gasteiger partial charge in [0.25, 0.3) is 0 Å². The van der Waals surface area contributed by atoms with Crippen molar-refractivity contribution in [3.63, 3.8) is 0 Å². The Kier molecular flexibility index (Phi) is 7.28. The molecule has 0 N–H and O–H groups in total. The van der Waals surface area contributed by atoms with E-state index < -0.39 is 34.4 Å². The molecule has 0 aromatic heterocycles. The topological polar surface area (TPSA) is 87.9 Å². The summed E-state index contributed by atoms with van der Waals surface area (Å²) in [5, 5.41) is 10.9. The van der Waals surface area contributed by atoms with Crippen LogP contribution in [0, 0.1) is 10.1 Å². The van der Waals surface area contributed by atoms with E-state index in [2.05, 4.69) is 6.58 Å². The predicted molar refractivity (Wildman–Crippen MR) is 101 cm³/mol. The van der Waals surface area contributed by atoms with E-state index in [1.165, 1.54) is 19.1 Å². The number of carbonyl (C=O) groups is 1. The summed E-state index contributed by atoms with van der Waals surface area (Å²) in [6.45, 7) is 4.66. The van der Waals surface area contributed by atoms with Gasteiger partial charge >= 0.3 is 17.8 Å². The monoisotopic (exact) mass is 445 g/mol. The zero-order valence-corrected chi connectivity index (χ0v) is 16.2. The van der Waals surface area contributed by atoms with Crippen molar-refractivity contribution >= 4 is 23.3 Å². The van der Waals surface area contributed by atoms with Gasteiger partial charge in [0, 0.05) is 12.1 Å². The summed E-state index contributed by atoms with van der Waals surface area (Å²) < 4.78 is 53.8. The van der Waals surface area contributed by atoms with E-state index in [0.29, 0.717) is 6.07 Å². The van der Waals surface area contributed by atoms with E-state index in [9.17, 15) is 28.1 Å². The molecule has 30 heavy (non-hydrogen) atoms. The number of hydrogen-bond donors (Lipinski definition) is 0. The summed E-state index contributed by atoms with van der Waals surface area (Å²) in [7, 11) is 0. The molecule has 1 unspecified atom stereocenters. The van der Waals surface area contributed by atoms with Crippen LogP contribution in [0.3, 0.4) is 0 Å². The molecule has 2 aromatic carbocycles. The van der Waals surface area contributed by atoms with Crippen molar-refractivity contribution in [1.82, 2.24) is 0 Å². The first-order valence-electron chi connectivity index (χ1n) is 8.30. The Bertz CT molecular complexity index is 964. The van der Waals surface area contributed by atoms with Crippen molar-refractivity contribution in [1.29, 1.82) is 0 Å². The number of benzene rings is 2. The van der Waals surface area contributed by atoms with Gasteiger partial charge in [0.2, 0.25) is 5.75 Å². The normalized spacial score (nSPS) is 12.0. The Morgan fingerprint density at radius 2 is 1.97 bits per heavy atom. The summed E-state index contributed by atoms with van der Waals surface area (Å²) in [6, 6.07) is 5.87. The Morgan fingerprint density at radius 3 is 2.53 bits per heavy atom. The second kappa shape index (κ2) is 9.49. The number of esters is 1. The molecule has 0 amide bonds. The van der Waals surface area contributed by atoms with Gasteiger partial charge < -0.3 is 14.2 Å². The number of hydrogen-bond acceptors (Lipinski definition) is 6. The van der Waals surface area contributed by atoms with Crippen LogP contribution in [0.2, 0.25) is 5.02 Å². The molecule has 0 saturated heterocycles. The second-order valence-corrected chi connectivity index (χ2v) is 6.22. The van der Waals surface area contributed by atoms with E-state index in [-0.39, 0.29) is 28.9 Å². The predicted octanol–water partition coefficient (Wildman–Crippen LogP) is 5.56. The number of ether oxygens (including phenoxy) is 3. The summed E-state index contributed by atoms with van der Waals surface area (Å²) in [5.74, 6) is -1.20. The molecule has 160 valence electrons. The number of nitrogens with zero attached hydrogens (tertiary/aromatic N) is 1. The molecular weight excluding hydrogens is 431 g/mol. The van der Waals surface area contributed by atoms with Gasteiger partial charge in [0.05, 0.1) is 15.5 Å². The van der Waals surface area contributed by atoms with Gasteiger partial charge in [0.1, 0.15) is 18.1 Å². The molecule has 0 heterocycles. The van der Waals surface area contributed by atoms with Crippen LogP contribution in [0.25, 0.3) is 0 Å². The van der Waals surface area contributed by atoms with Crippen LogP contribution in [0.15, 0.2) is 49.1 Å². The molecule has 0 bridgehead atoms. The Morgan fingerprint density at radius 1 is 1.27 bits per heavy atom. The lowest BCUT2D eigenvalue weighted by molar-refractivity contribution is -0.386. The molecule has 0 radical (unpaired) electrons. The SMILES string of the molecule is C=CCOC(=O)C(C)Oc1cc(Oc2ccc(C(F)(F)F)cc2Cl)ccc1[N+](=O)[O-]. The molecule has 0 fully saturated rings. The zero-order chi connectivity index (χ0) is 22.5. The fourth-order valence-corrected chi connectivity index (χ4v) is 2.41. The van der Waals surface area contributed by atoms with Crippen LogP contribution >= 0.6 is 11.6 Å². The number of carbonyl (C=O) groups excluding carboxylic acids is 1. The minimum Gasteiger partial charge on any atom is -0.472 e. The Labute approximate surface area is 173 Å². The van der Waals surface area contributed by atoms with Gasteiger partial charge in [-0.25, -0.2) is 4.79 Å². The molecule has 11 heteroatoms. The fourth-order valence-electron chi connectivity index (χ4n) is 2.19. The zero-order valence-electron chi connectivity index (χ0n) is 15.4. The maximum Gasteiger partial charge on any atom is 0.416 e. The van der Waals surface area contributed by atoms with E-state index in [0.717, 1.165) is 24.3 Å². The van der Waals surface area contributed by atoms with Crippen molar-refractivity contribution in [3.8, 4) is 17.2 Å². The average molecular weight is 446 g/mol. The second-order valence-electron chi connectivity index (χ2n) is 5.81. The van der Waals surface area contributed by atoms with Crippen molar-refractivity contribution in [2.75, 3.05) is 6.61 Å². The van der Waals surface area contributed by atoms with Gasteiger partial charge in [-0.2, -0.15) is 13.2 Å². The maximum absolute atomic E-state index is 12.7. The van der Waals surface area contributed by atoms with E-state index >= 15 is 0 Å². The Balaban J connectivity index is 2.28. The van der Waals surface area contributed by atoms with Crippen LogP contribution in [-0.2, 0) is 15.7 Å². The van der Waals surface area contributed by atoms with Crippen molar-refractivity contribution in [2.45, 2.75) is 19.2 Å². The lowest BCUT2D eigenvalue weighted by Gasteiger charge is -2.15. The van der Waals surface area contributed by atoms with Gasteiger partial charge in [-0.1, -0.05) is 24.3 Å². The number of halogens is 4. The minimum absolute atomic E-state index is 0.0103. The fraction of sp³-hybridized carbons (Fsp3) is 0.211. The van der Waals surface area contributed by atoms with Crippen LogP contribution in [0.1, 0.15) is 12.5 Å². The molecule has 0 aliphatic heterocycles. The lowest BCUT2D eigenvalue weighted by Crippen LogP contribution is -2.26. The highest BCUT2D eigenvalue weighted by Gasteiger charge is 2.31. The van der Waals surface area contributed by atoms with E-state index in [1.807, 2.05) is 0 Å². The molecule has 1 atom stereocenters. The van der Waals surface area contributed by atoms with E-state index in [1.54, 1.807) is 0 Å². The molecule has 2 aromatic rings. The largest absolute Gasteiger partial charge is 0.472 e. The highest BCUT2D eigenvalue weighted by Crippen LogP contribution is 2.38. The molecular formula is C19H15ClF3NO6. The van der Waals surface area contributed by atoms with Gasteiger partial charge in [-0.15, -0.1) is 0 Å². The van der Waals surface area contributed by atoms with Crippen LogP contribution in [0.5, 0.6) is 17.2 Å². The number of alkyl halides is 3. The van der Waals surface area contributed by atoms with E-state index in [4.69, 9.17) is 25.8 Å². The van der Waals surface area contributed by atoms with Crippen LogP contribution in [-0.4, -0.2) is 23.6 Å². The summed E-state index contributed by atoms with van der Waals surface area (Å²) >= 11 is 5.85. The van der Waals surface area contributed by atoms with Crippen molar-refractivity contribution in [3.05, 3.63) is 69.8 Å². The quantitative estimate of drug-likeness (QED) is 0.229. The number of rotatable bonds is 8. The van der Waals surface area contributed by atoms with Crippen molar-refractivity contribution < 1.29 is 37.1 Å². The third-order valence-corrected chi connectivity index (χ3v) is 3.89. The molecule has 7 nitrogen and oxygen atoms in total.